The van der Waals surface area contributed by atoms with Crippen LogP contribution in [0.15, 0.2) is 24.6 Å². The molecule has 0 aliphatic carbocycles. The third-order valence-corrected chi connectivity index (χ3v) is 10.7. The Balaban J connectivity index is 4.42. The average molecular weight is 233 g/mol. The fourth-order valence-electron chi connectivity index (χ4n) is 0.981. The minimum atomic E-state index is -2.06. The highest BCUT2D eigenvalue weighted by Crippen LogP contribution is 2.16. The van der Waals surface area contributed by atoms with E-state index in [1.807, 2.05) is 11.4 Å². The second-order valence-electron chi connectivity index (χ2n) is 3.56. The lowest BCUT2D eigenvalue weighted by molar-refractivity contribution is 0.423. The smallest absolute Gasteiger partial charge is 0.340 e. The predicted octanol–water partition coefficient (Wildman–Crippen LogP) is 1.88. The summed E-state index contributed by atoms with van der Waals surface area (Å²) in [7, 11) is -4.21. The largest absolute Gasteiger partial charge is 0.439 e. The SMILES string of the molecule is C=C[Si](C)(C)O[Si](C)(C=C)O[SiH2]C. The zero-order valence-electron chi connectivity index (χ0n) is 9.09. The van der Waals surface area contributed by atoms with Crippen LogP contribution in [0, 0.1) is 0 Å². The standard InChI is InChI=1S/C8H20O2Si3/c1-7-12(4,5)10-13(6,8-2)9-11-3/h7-8H,1-2,11H2,3-6H3. The number of rotatable bonds is 6. The lowest BCUT2D eigenvalue weighted by atomic mass is 11.3. The summed E-state index contributed by atoms with van der Waals surface area (Å²) in [5.41, 5.74) is 3.80. The van der Waals surface area contributed by atoms with Crippen LogP contribution in [0.4, 0.5) is 0 Å². The summed E-state index contributed by atoms with van der Waals surface area (Å²) < 4.78 is 11.8. The Morgan fingerprint density at radius 1 is 1.15 bits per heavy atom. The van der Waals surface area contributed by atoms with Gasteiger partial charge in [-0.1, -0.05) is 17.9 Å². The maximum absolute atomic E-state index is 6.02. The van der Waals surface area contributed by atoms with Gasteiger partial charge in [0.15, 0.2) is 8.32 Å². The molecular weight excluding hydrogens is 212 g/mol. The Morgan fingerprint density at radius 2 is 1.69 bits per heavy atom. The van der Waals surface area contributed by atoms with E-state index in [9.17, 15) is 0 Å². The summed E-state index contributed by atoms with van der Waals surface area (Å²) in [5, 5.41) is 0. The fraction of sp³-hybridized carbons (Fsp3) is 0.500. The average Bonchev–Trinajstić information content (AvgIpc) is 2.04. The summed E-state index contributed by atoms with van der Waals surface area (Å²) in [6, 6.07) is 0. The highest BCUT2D eigenvalue weighted by Gasteiger charge is 2.33. The summed E-state index contributed by atoms with van der Waals surface area (Å²) in [6.45, 7) is 16.0. The van der Waals surface area contributed by atoms with Crippen molar-refractivity contribution in [3.63, 3.8) is 0 Å². The zero-order valence-corrected chi connectivity index (χ0v) is 12.5. The highest BCUT2D eigenvalue weighted by molar-refractivity contribution is 6.88. The maximum Gasteiger partial charge on any atom is 0.340 e. The molecule has 0 saturated carbocycles. The first-order valence-corrected chi connectivity index (χ1v) is 11.9. The molecule has 0 saturated heterocycles. The molecule has 0 rings (SSSR count). The summed E-state index contributed by atoms with van der Waals surface area (Å²) in [5.74, 6) is 0. The van der Waals surface area contributed by atoms with Crippen LogP contribution in [-0.4, -0.2) is 26.6 Å². The first-order chi connectivity index (χ1) is 5.89. The Kier molecular flexibility index (Phi) is 5.08. The zero-order chi connectivity index (χ0) is 10.5. The first kappa shape index (κ1) is 13.1. The van der Waals surface area contributed by atoms with Crippen LogP contribution in [0.25, 0.3) is 0 Å². The van der Waals surface area contributed by atoms with Gasteiger partial charge in [0.1, 0.15) is 9.76 Å². The van der Waals surface area contributed by atoms with Gasteiger partial charge < -0.3 is 8.23 Å². The predicted molar refractivity (Wildman–Crippen MR) is 66.1 cm³/mol. The van der Waals surface area contributed by atoms with Crippen molar-refractivity contribution in [3.05, 3.63) is 24.6 Å². The Morgan fingerprint density at radius 3 is 2.00 bits per heavy atom. The van der Waals surface area contributed by atoms with Crippen molar-refractivity contribution in [2.24, 2.45) is 0 Å². The highest BCUT2D eigenvalue weighted by atomic mass is 28.5. The van der Waals surface area contributed by atoms with E-state index in [0.717, 1.165) is 0 Å². The Hall–Kier alpha value is 0.0506. The Bertz CT molecular complexity index is 194. The van der Waals surface area contributed by atoms with Crippen molar-refractivity contribution in [1.82, 2.24) is 0 Å². The van der Waals surface area contributed by atoms with Gasteiger partial charge in [-0.2, -0.15) is 0 Å². The lowest BCUT2D eigenvalue weighted by Crippen LogP contribution is -2.47. The number of hydrogen-bond donors (Lipinski definition) is 0. The molecule has 0 aromatic rings. The third-order valence-electron chi connectivity index (χ3n) is 1.76. The molecule has 0 aliphatic heterocycles. The molecule has 0 N–H and O–H groups in total. The molecule has 2 nitrogen and oxygen atoms in total. The van der Waals surface area contributed by atoms with Crippen LogP contribution in [0.2, 0.25) is 26.2 Å². The van der Waals surface area contributed by atoms with Gasteiger partial charge in [0.05, 0.1) is 0 Å². The van der Waals surface area contributed by atoms with E-state index >= 15 is 0 Å². The van der Waals surface area contributed by atoms with E-state index in [1.54, 1.807) is 0 Å². The molecule has 0 aliphatic rings. The fourth-order valence-corrected chi connectivity index (χ4v) is 9.36. The molecule has 1 unspecified atom stereocenters. The molecule has 0 aromatic carbocycles. The molecule has 0 heterocycles. The second kappa shape index (κ2) is 5.06. The Labute approximate surface area is 86.0 Å². The number of hydrogen-bond acceptors (Lipinski definition) is 2. The van der Waals surface area contributed by atoms with Gasteiger partial charge in [-0.3, -0.25) is 0 Å². The maximum atomic E-state index is 6.02. The van der Waals surface area contributed by atoms with Crippen LogP contribution in [-0.2, 0) is 8.23 Å². The molecular formula is C8H20O2Si3. The van der Waals surface area contributed by atoms with Gasteiger partial charge in [0.25, 0.3) is 0 Å². The quantitative estimate of drug-likeness (QED) is 0.651. The minimum absolute atomic E-state index is 0.424. The first-order valence-electron chi connectivity index (χ1n) is 4.50. The van der Waals surface area contributed by atoms with Gasteiger partial charge >= 0.3 is 8.56 Å². The molecule has 0 amide bonds. The molecule has 13 heavy (non-hydrogen) atoms. The van der Waals surface area contributed by atoms with Gasteiger partial charge in [0.2, 0.25) is 0 Å². The van der Waals surface area contributed by atoms with Crippen LogP contribution < -0.4 is 0 Å². The van der Waals surface area contributed by atoms with E-state index in [1.165, 1.54) is 0 Å². The van der Waals surface area contributed by atoms with E-state index in [-0.39, 0.29) is 0 Å². The topological polar surface area (TPSA) is 18.5 Å². The molecule has 0 spiro atoms. The lowest BCUT2D eigenvalue weighted by Gasteiger charge is -2.31. The van der Waals surface area contributed by atoms with Crippen molar-refractivity contribution in [1.29, 1.82) is 0 Å². The monoisotopic (exact) mass is 232 g/mol. The van der Waals surface area contributed by atoms with Gasteiger partial charge in [-0.25, -0.2) is 0 Å². The molecule has 0 fully saturated rings. The van der Waals surface area contributed by atoms with Crippen molar-refractivity contribution >= 4 is 26.6 Å². The molecule has 0 aromatic heterocycles. The molecule has 5 heteroatoms. The molecule has 0 radical (unpaired) electrons. The second-order valence-corrected chi connectivity index (χ2v) is 12.2. The van der Waals surface area contributed by atoms with Gasteiger partial charge in [-0.05, 0) is 19.6 Å². The molecule has 76 valence electrons. The van der Waals surface area contributed by atoms with E-state index < -0.39 is 26.6 Å². The molecule has 0 bridgehead atoms. The third kappa shape index (κ3) is 4.73. The summed E-state index contributed by atoms with van der Waals surface area (Å²) in [4.78, 5) is 0. The van der Waals surface area contributed by atoms with Crippen molar-refractivity contribution in [3.8, 4) is 0 Å². The summed E-state index contributed by atoms with van der Waals surface area (Å²) in [6.07, 6.45) is 0. The van der Waals surface area contributed by atoms with Crippen LogP contribution >= 0.6 is 0 Å². The van der Waals surface area contributed by atoms with E-state index in [2.05, 4.69) is 39.3 Å². The minimum Gasteiger partial charge on any atom is -0.439 e. The van der Waals surface area contributed by atoms with Crippen LogP contribution in [0.1, 0.15) is 0 Å². The van der Waals surface area contributed by atoms with Gasteiger partial charge in [0, 0.05) is 0 Å². The normalized spacial score (nSPS) is 17.2. The van der Waals surface area contributed by atoms with Crippen molar-refractivity contribution in [2.45, 2.75) is 26.2 Å². The molecule has 1 atom stereocenters. The van der Waals surface area contributed by atoms with E-state index in [0.29, 0.717) is 0 Å². The van der Waals surface area contributed by atoms with E-state index in [4.69, 9.17) is 8.23 Å². The van der Waals surface area contributed by atoms with Gasteiger partial charge in [-0.15, -0.1) is 13.2 Å². The van der Waals surface area contributed by atoms with Crippen LogP contribution in [0.5, 0.6) is 0 Å². The summed E-state index contributed by atoms with van der Waals surface area (Å²) >= 11 is 0. The van der Waals surface area contributed by atoms with Crippen molar-refractivity contribution in [2.75, 3.05) is 0 Å². The van der Waals surface area contributed by atoms with Crippen LogP contribution in [0.3, 0.4) is 0 Å². The van der Waals surface area contributed by atoms with Crippen molar-refractivity contribution < 1.29 is 8.23 Å².